The highest BCUT2D eigenvalue weighted by Gasteiger charge is 2.15. The molecule has 10 heteroatoms. The van der Waals surface area contributed by atoms with Gasteiger partial charge in [0.05, 0.1) is 15.6 Å². The van der Waals surface area contributed by atoms with E-state index in [1.165, 1.54) is 23.5 Å². The van der Waals surface area contributed by atoms with Gasteiger partial charge in [-0.1, -0.05) is 30.0 Å². The van der Waals surface area contributed by atoms with Crippen molar-refractivity contribution in [1.82, 2.24) is 15.2 Å². The zero-order chi connectivity index (χ0) is 16.9. The molecule has 0 spiro atoms. The first-order valence-electron chi connectivity index (χ1n) is 6.76. The van der Waals surface area contributed by atoms with E-state index < -0.39 is 4.92 Å². The second kappa shape index (κ2) is 7.23. The van der Waals surface area contributed by atoms with Crippen LogP contribution in [0.2, 0.25) is 0 Å². The van der Waals surface area contributed by atoms with Crippen molar-refractivity contribution in [3.05, 3.63) is 51.9 Å². The average Bonchev–Trinajstić information content (AvgIpc) is 3.24. The standard InChI is InChI=1S/C14H11N5O3S2/c20-12(15-9-4-1-2-5-10(9)19(21)22)8-24-14-16-13(17-18-14)11-6-3-7-23-11/h1-7H,8H2,(H,15,20)(H,16,17,18). The first kappa shape index (κ1) is 16.1. The molecule has 2 heterocycles. The highest BCUT2D eigenvalue weighted by molar-refractivity contribution is 7.99. The summed E-state index contributed by atoms with van der Waals surface area (Å²) in [6, 6.07) is 9.82. The minimum Gasteiger partial charge on any atom is -0.320 e. The van der Waals surface area contributed by atoms with E-state index in [1.807, 2.05) is 17.5 Å². The summed E-state index contributed by atoms with van der Waals surface area (Å²) < 4.78 is 0. The fourth-order valence-corrected chi connectivity index (χ4v) is 3.15. The first-order valence-corrected chi connectivity index (χ1v) is 8.62. The number of thioether (sulfide) groups is 1. The van der Waals surface area contributed by atoms with Gasteiger partial charge in [0.1, 0.15) is 5.69 Å². The Bertz CT molecular complexity index is 863. The van der Waals surface area contributed by atoms with Crippen molar-refractivity contribution in [3.8, 4) is 10.7 Å². The number of rotatable bonds is 6. The van der Waals surface area contributed by atoms with Crippen molar-refractivity contribution in [2.24, 2.45) is 0 Å². The van der Waals surface area contributed by atoms with Gasteiger partial charge >= 0.3 is 0 Å². The SMILES string of the molecule is O=C(CSc1n[nH]c(-c2cccs2)n1)Nc1ccccc1[N+](=O)[O-]. The third kappa shape index (κ3) is 3.78. The number of benzene rings is 1. The summed E-state index contributed by atoms with van der Waals surface area (Å²) in [5, 5.41) is 22.7. The van der Waals surface area contributed by atoms with Gasteiger partial charge in [0.2, 0.25) is 11.1 Å². The molecule has 122 valence electrons. The highest BCUT2D eigenvalue weighted by Crippen LogP contribution is 2.25. The maximum Gasteiger partial charge on any atom is 0.292 e. The summed E-state index contributed by atoms with van der Waals surface area (Å²) >= 11 is 2.68. The smallest absolute Gasteiger partial charge is 0.292 e. The number of nitrogens with one attached hydrogen (secondary N) is 2. The Morgan fingerprint density at radius 2 is 2.17 bits per heavy atom. The summed E-state index contributed by atoms with van der Waals surface area (Å²) in [6.07, 6.45) is 0. The molecular formula is C14H11N5O3S2. The fraction of sp³-hybridized carbons (Fsp3) is 0.0714. The number of aromatic nitrogens is 3. The van der Waals surface area contributed by atoms with E-state index in [-0.39, 0.29) is 23.0 Å². The maximum atomic E-state index is 12.0. The molecule has 0 saturated heterocycles. The largest absolute Gasteiger partial charge is 0.320 e. The van der Waals surface area contributed by atoms with Gasteiger partial charge in [0, 0.05) is 6.07 Å². The van der Waals surface area contributed by atoms with Crippen LogP contribution in [0.1, 0.15) is 0 Å². The van der Waals surface area contributed by atoms with Crippen molar-refractivity contribution in [3.63, 3.8) is 0 Å². The number of nitro benzene ring substituents is 1. The number of H-pyrrole nitrogens is 1. The summed E-state index contributed by atoms with van der Waals surface area (Å²) in [5.41, 5.74) is 0.0242. The van der Waals surface area contributed by atoms with Crippen LogP contribution < -0.4 is 5.32 Å². The quantitative estimate of drug-likeness (QED) is 0.396. The molecule has 3 aromatic rings. The lowest BCUT2D eigenvalue weighted by molar-refractivity contribution is -0.383. The number of para-hydroxylation sites is 2. The Kier molecular flexibility index (Phi) is 4.87. The molecule has 0 fully saturated rings. The van der Waals surface area contributed by atoms with Gasteiger partial charge in [-0.3, -0.25) is 20.0 Å². The number of amides is 1. The summed E-state index contributed by atoms with van der Waals surface area (Å²) in [5.74, 6) is 0.330. The number of hydrogen-bond donors (Lipinski definition) is 2. The van der Waals surface area contributed by atoms with Gasteiger partial charge in [-0.25, -0.2) is 4.98 Å². The van der Waals surface area contributed by atoms with Gasteiger partial charge in [-0.15, -0.1) is 16.4 Å². The van der Waals surface area contributed by atoms with Crippen LogP contribution in [-0.2, 0) is 4.79 Å². The van der Waals surface area contributed by atoms with Crippen molar-refractivity contribution in [1.29, 1.82) is 0 Å². The zero-order valence-electron chi connectivity index (χ0n) is 12.1. The lowest BCUT2D eigenvalue weighted by Crippen LogP contribution is -2.15. The molecule has 0 atom stereocenters. The van der Waals surface area contributed by atoms with E-state index in [1.54, 1.807) is 12.1 Å². The van der Waals surface area contributed by atoms with Gasteiger partial charge in [0.15, 0.2) is 5.82 Å². The molecule has 0 radical (unpaired) electrons. The molecule has 0 saturated carbocycles. The Morgan fingerprint density at radius 3 is 2.92 bits per heavy atom. The molecule has 0 unspecified atom stereocenters. The molecule has 2 aromatic heterocycles. The van der Waals surface area contributed by atoms with Crippen LogP contribution in [0.3, 0.4) is 0 Å². The molecule has 24 heavy (non-hydrogen) atoms. The number of aromatic amines is 1. The Hall–Kier alpha value is -2.72. The lowest BCUT2D eigenvalue weighted by atomic mass is 10.2. The van der Waals surface area contributed by atoms with E-state index in [0.717, 1.165) is 16.6 Å². The topological polar surface area (TPSA) is 114 Å². The van der Waals surface area contributed by atoms with Gasteiger partial charge in [-0.05, 0) is 17.5 Å². The molecule has 8 nitrogen and oxygen atoms in total. The number of nitrogens with zero attached hydrogens (tertiary/aromatic N) is 3. The average molecular weight is 361 g/mol. The van der Waals surface area contributed by atoms with Crippen LogP contribution in [0.4, 0.5) is 11.4 Å². The Balaban J connectivity index is 1.59. The van der Waals surface area contributed by atoms with Crippen LogP contribution in [-0.4, -0.2) is 31.8 Å². The third-order valence-electron chi connectivity index (χ3n) is 2.93. The monoisotopic (exact) mass is 361 g/mol. The first-order chi connectivity index (χ1) is 11.6. The second-order valence-electron chi connectivity index (χ2n) is 4.56. The van der Waals surface area contributed by atoms with Crippen molar-refractivity contribution in [2.45, 2.75) is 5.16 Å². The zero-order valence-corrected chi connectivity index (χ0v) is 13.8. The number of thiophene rings is 1. The van der Waals surface area contributed by atoms with E-state index in [9.17, 15) is 14.9 Å². The van der Waals surface area contributed by atoms with Crippen LogP contribution in [0, 0.1) is 10.1 Å². The molecule has 1 amide bonds. The molecule has 0 aliphatic carbocycles. The number of anilines is 1. The molecule has 0 bridgehead atoms. The van der Waals surface area contributed by atoms with Crippen molar-refractivity contribution < 1.29 is 9.72 Å². The van der Waals surface area contributed by atoms with E-state index in [0.29, 0.717) is 11.0 Å². The van der Waals surface area contributed by atoms with E-state index >= 15 is 0 Å². The highest BCUT2D eigenvalue weighted by atomic mass is 32.2. The Morgan fingerprint density at radius 1 is 1.33 bits per heavy atom. The number of hydrogen-bond acceptors (Lipinski definition) is 7. The van der Waals surface area contributed by atoms with E-state index in [2.05, 4.69) is 20.5 Å². The maximum absolute atomic E-state index is 12.0. The van der Waals surface area contributed by atoms with Gasteiger partial charge in [-0.2, -0.15) is 0 Å². The van der Waals surface area contributed by atoms with Crippen molar-refractivity contribution >= 4 is 40.4 Å². The molecule has 2 N–H and O–H groups in total. The normalized spacial score (nSPS) is 10.5. The minimum atomic E-state index is -0.536. The summed E-state index contributed by atoms with van der Waals surface area (Å²) in [7, 11) is 0. The van der Waals surface area contributed by atoms with Crippen LogP contribution in [0.5, 0.6) is 0 Å². The van der Waals surface area contributed by atoms with Gasteiger partial charge < -0.3 is 5.32 Å². The number of carbonyl (C=O) groups excluding carboxylic acids is 1. The predicted octanol–water partition coefficient (Wildman–Crippen LogP) is 3.17. The van der Waals surface area contributed by atoms with Crippen LogP contribution in [0.15, 0.2) is 46.9 Å². The second-order valence-corrected chi connectivity index (χ2v) is 6.45. The van der Waals surface area contributed by atoms with E-state index in [4.69, 9.17) is 0 Å². The number of carbonyl (C=O) groups is 1. The van der Waals surface area contributed by atoms with Gasteiger partial charge in [0.25, 0.3) is 5.69 Å². The summed E-state index contributed by atoms with van der Waals surface area (Å²) in [4.78, 5) is 27.6. The van der Waals surface area contributed by atoms with Crippen LogP contribution in [0.25, 0.3) is 10.7 Å². The summed E-state index contributed by atoms with van der Waals surface area (Å²) in [6.45, 7) is 0. The lowest BCUT2D eigenvalue weighted by Gasteiger charge is -2.04. The Labute approximate surface area is 144 Å². The predicted molar refractivity (Wildman–Crippen MR) is 92.1 cm³/mol. The van der Waals surface area contributed by atoms with Crippen molar-refractivity contribution in [2.75, 3.05) is 11.1 Å². The molecule has 0 aliphatic heterocycles. The number of nitro groups is 1. The minimum absolute atomic E-state index is 0.0494. The molecule has 3 rings (SSSR count). The molecule has 0 aliphatic rings. The molecule has 1 aromatic carbocycles. The van der Waals surface area contributed by atoms with Crippen LogP contribution >= 0.6 is 23.1 Å². The molecular weight excluding hydrogens is 350 g/mol. The third-order valence-corrected chi connectivity index (χ3v) is 4.65. The fourth-order valence-electron chi connectivity index (χ4n) is 1.89.